The molecule has 2 N–H and O–H groups in total. The van der Waals surface area contributed by atoms with E-state index in [9.17, 15) is 10.2 Å². The maximum absolute atomic E-state index is 9.94. The van der Waals surface area contributed by atoms with Crippen molar-refractivity contribution in [2.45, 2.75) is 13.1 Å². The second-order valence-electron chi connectivity index (χ2n) is 6.59. The van der Waals surface area contributed by atoms with Gasteiger partial charge in [-0.15, -0.1) is 0 Å². The van der Waals surface area contributed by atoms with Gasteiger partial charge in [-0.2, -0.15) is 0 Å². The Morgan fingerprint density at radius 1 is 0.708 bits per heavy atom. The van der Waals surface area contributed by atoms with Crippen molar-refractivity contribution in [3.63, 3.8) is 0 Å². The molecule has 128 valence electrons. The van der Waals surface area contributed by atoms with Crippen molar-refractivity contribution >= 4 is 12.2 Å². The summed E-state index contributed by atoms with van der Waals surface area (Å²) in [5.74, 6) is 0.637. The first-order valence-electron chi connectivity index (χ1n) is 7.96. The van der Waals surface area contributed by atoms with Crippen LogP contribution in [-0.4, -0.2) is 48.2 Å². The van der Waals surface area contributed by atoms with E-state index in [1.54, 1.807) is 12.1 Å². The van der Waals surface area contributed by atoms with Gasteiger partial charge in [0.05, 0.1) is 0 Å². The second kappa shape index (κ2) is 7.99. The van der Waals surface area contributed by atoms with E-state index in [1.807, 2.05) is 74.4 Å². The second-order valence-corrected chi connectivity index (χ2v) is 6.59. The van der Waals surface area contributed by atoms with Crippen molar-refractivity contribution in [1.82, 2.24) is 9.80 Å². The van der Waals surface area contributed by atoms with Gasteiger partial charge in [0, 0.05) is 24.2 Å². The third kappa shape index (κ3) is 5.11. The van der Waals surface area contributed by atoms with Crippen molar-refractivity contribution in [3.8, 4) is 11.5 Å². The number of hydrogen-bond donors (Lipinski definition) is 2. The quantitative estimate of drug-likeness (QED) is 0.799. The van der Waals surface area contributed by atoms with Gasteiger partial charge in [-0.25, -0.2) is 0 Å². The summed E-state index contributed by atoms with van der Waals surface area (Å²) < 4.78 is 0. The topological polar surface area (TPSA) is 46.9 Å². The predicted molar refractivity (Wildman–Crippen MR) is 99.9 cm³/mol. The van der Waals surface area contributed by atoms with Gasteiger partial charge in [0.1, 0.15) is 11.5 Å². The van der Waals surface area contributed by atoms with Gasteiger partial charge < -0.3 is 20.0 Å². The minimum atomic E-state index is 0.318. The summed E-state index contributed by atoms with van der Waals surface area (Å²) in [6.45, 7) is 1.39. The normalized spacial score (nSPS) is 11.8. The van der Waals surface area contributed by atoms with Crippen molar-refractivity contribution in [2.75, 3.05) is 28.2 Å². The third-order valence-electron chi connectivity index (χ3n) is 3.65. The molecule has 0 amide bonds. The van der Waals surface area contributed by atoms with Crippen LogP contribution >= 0.6 is 0 Å². The highest BCUT2D eigenvalue weighted by Crippen LogP contribution is 2.23. The Morgan fingerprint density at radius 3 is 1.42 bits per heavy atom. The zero-order valence-corrected chi connectivity index (χ0v) is 14.8. The van der Waals surface area contributed by atoms with Crippen molar-refractivity contribution in [3.05, 3.63) is 58.7 Å². The fourth-order valence-electron chi connectivity index (χ4n) is 2.55. The Hall–Kier alpha value is -2.30. The van der Waals surface area contributed by atoms with Gasteiger partial charge in [0.2, 0.25) is 0 Å². The zero-order valence-electron chi connectivity index (χ0n) is 14.8. The summed E-state index contributed by atoms with van der Waals surface area (Å²) >= 11 is 0. The van der Waals surface area contributed by atoms with E-state index in [0.717, 1.165) is 22.3 Å². The Morgan fingerprint density at radius 2 is 1.08 bits per heavy atom. The minimum absolute atomic E-state index is 0.318. The molecule has 0 saturated heterocycles. The summed E-state index contributed by atoms with van der Waals surface area (Å²) in [5.41, 5.74) is 3.88. The van der Waals surface area contributed by atoms with Crippen LogP contribution in [0.15, 0.2) is 36.4 Å². The number of nitrogens with zero attached hydrogens (tertiary/aromatic N) is 2. The molecule has 0 heterocycles. The summed E-state index contributed by atoms with van der Waals surface area (Å²) in [6.07, 6.45) is 4.04. The first-order valence-corrected chi connectivity index (χ1v) is 7.96. The molecule has 0 unspecified atom stereocenters. The first-order chi connectivity index (χ1) is 11.3. The molecule has 0 radical (unpaired) electrons. The molecule has 0 aliphatic heterocycles. The highest BCUT2D eigenvalue weighted by atomic mass is 16.3. The molecule has 0 bridgehead atoms. The van der Waals surface area contributed by atoms with Crippen LogP contribution in [0.3, 0.4) is 0 Å². The average molecular weight is 326 g/mol. The molecule has 0 fully saturated rings. The maximum Gasteiger partial charge on any atom is 0.120 e. The highest BCUT2D eigenvalue weighted by Gasteiger charge is 2.04. The molecular formula is C20H26N2O2. The number of rotatable bonds is 6. The van der Waals surface area contributed by atoms with Crippen LogP contribution < -0.4 is 0 Å². The SMILES string of the molecule is CN(C)Cc1cc(C=Cc2ccc(O)c(CN(C)C)c2)ccc1O. The highest BCUT2D eigenvalue weighted by molar-refractivity contribution is 5.71. The van der Waals surface area contributed by atoms with E-state index in [2.05, 4.69) is 0 Å². The van der Waals surface area contributed by atoms with E-state index in [4.69, 9.17) is 0 Å². The van der Waals surface area contributed by atoms with Gasteiger partial charge in [-0.1, -0.05) is 24.3 Å². The lowest BCUT2D eigenvalue weighted by Gasteiger charge is -2.12. The molecule has 2 aromatic rings. The molecule has 0 spiro atoms. The summed E-state index contributed by atoms with van der Waals surface area (Å²) in [5, 5.41) is 19.9. The van der Waals surface area contributed by atoms with Crippen molar-refractivity contribution in [2.24, 2.45) is 0 Å². The van der Waals surface area contributed by atoms with Crippen LogP contribution in [0.5, 0.6) is 11.5 Å². The van der Waals surface area contributed by atoms with Crippen LogP contribution in [0, 0.1) is 0 Å². The van der Waals surface area contributed by atoms with E-state index in [-0.39, 0.29) is 0 Å². The number of hydrogen-bond acceptors (Lipinski definition) is 4. The van der Waals surface area contributed by atoms with E-state index in [0.29, 0.717) is 24.6 Å². The zero-order chi connectivity index (χ0) is 17.7. The van der Waals surface area contributed by atoms with Gasteiger partial charge in [-0.3, -0.25) is 0 Å². The van der Waals surface area contributed by atoms with Crippen molar-refractivity contribution < 1.29 is 10.2 Å². The molecule has 2 rings (SSSR count). The van der Waals surface area contributed by atoms with E-state index >= 15 is 0 Å². The van der Waals surface area contributed by atoms with Crippen molar-refractivity contribution in [1.29, 1.82) is 0 Å². The molecular weight excluding hydrogens is 300 g/mol. The smallest absolute Gasteiger partial charge is 0.120 e. The standard InChI is InChI=1S/C20H26N2O2/c1-21(2)13-17-11-15(7-9-19(17)23)5-6-16-8-10-20(24)18(12-16)14-22(3)4/h5-12,23-24H,13-14H2,1-4H3. The Kier molecular flexibility index (Phi) is 6.01. The summed E-state index contributed by atoms with van der Waals surface area (Å²) in [7, 11) is 7.91. The van der Waals surface area contributed by atoms with Gasteiger partial charge in [0.25, 0.3) is 0 Å². The van der Waals surface area contributed by atoms with Crippen LogP contribution in [0.25, 0.3) is 12.2 Å². The summed E-state index contributed by atoms with van der Waals surface area (Å²) in [6, 6.07) is 11.2. The van der Waals surface area contributed by atoms with E-state index in [1.165, 1.54) is 0 Å². The lowest BCUT2D eigenvalue weighted by Crippen LogP contribution is -2.10. The lowest BCUT2D eigenvalue weighted by molar-refractivity contribution is 0.386. The van der Waals surface area contributed by atoms with Crippen LogP contribution in [0.4, 0.5) is 0 Å². The predicted octanol–water partition coefficient (Wildman–Crippen LogP) is 3.39. The molecule has 0 atom stereocenters. The molecule has 24 heavy (non-hydrogen) atoms. The molecule has 0 aliphatic carbocycles. The molecule has 0 saturated carbocycles. The first kappa shape index (κ1) is 18.0. The molecule has 0 aliphatic rings. The fraction of sp³-hybridized carbons (Fsp3) is 0.300. The molecule has 4 heteroatoms. The molecule has 4 nitrogen and oxygen atoms in total. The third-order valence-corrected chi connectivity index (χ3v) is 3.65. The Balaban J connectivity index is 2.21. The average Bonchev–Trinajstić information content (AvgIpc) is 2.50. The lowest BCUT2D eigenvalue weighted by atomic mass is 10.1. The number of phenolic OH excluding ortho intramolecular Hbond substituents is 2. The Labute approximate surface area is 144 Å². The van der Waals surface area contributed by atoms with Gasteiger partial charge in [-0.05, 0) is 63.6 Å². The number of phenols is 2. The number of benzene rings is 2. The largest absolute Gasteiger partial charge is 0.508 e. The maximum atomic E-state index is 9.94. The monoisotopic (exact) mass is 326 g/mol. The van der Waals surface area contributed by atoms with Crippen LogP contribution in [-0.2, 0) is 13.1 Å². The minimum Gasteiger partial charge on any atom is -0.508 e. The molecule has 0 aromatic heterocycles. The van der Waals surface area contributed by atoms with Gasteiger partial charge >= 0.3 is 0 Å². The Bertz CT molecular complexity index is 660. The number of aromatic hydroxyl groups is 2. The fourth-order valence-corrected chi connectivity index (χ4v) is 2.55. The van der Waals surface area contributed by atoms with E-state index < -0.39 is 0 Å². The summed E-state index contributed by atoms with van der Waals surface area (Å²) in [4.78, 5) is 4.05. The van der Waals surface area contributed by atoms with Crippen LogP contribution in [0.1, 0.15) is 22.3 Å². The molecule has 2 aromatic carbocycles. The van der Waals surface area contributed by atoms with Crippen LogP contribution in [0.2, 0.25) is 0 Å². The van der Waals surface area contributed by atoms with Gasteiger partial charge in [0.15, 0.2) is 0 Å².